The van der Waals surface area contributed by atoms with Crippen molar-refractivity contribution in [2.24, 2.45) is 0 Å². The van der Waals surface area contributed by atoms with Crippen LogP contribution in [0.5, 0.6) is 0 Å². The highest BCUT2D eigenvalue weighted by Gasteiger charge is 2.30. The number of rotatable bonds is 8. The number of ether oxygens (including phenoxy) is 1. The van der Waals surface area contributed by atoms with Crippen LogP contribution in [0.25, 0.3) is 11.1 Å². The lowest BCUT2D eigenvalue weighted by atomic mass is 10.0. The van der Waals surface area contributed by atoms with Gasteiger partial charge >= 0.3 is 6.18 Å². The lowest BCUT2D eigenvalue weighted by molar-refractivity contribution is -0.137. The Hall–Kier alpha value is -2.87. The van der Waals surface area contributed by atoms with Crippen LogP contribution in [-0.2, 0) is 15.7 Å². The molecule has 0 radical (unpaired) electrons. The van der Waals surface area contributed by atoms with Crippen LogP contribution in [0.4, 0.5) is 13.2 Å². The molecule has 2 N–H and O–H groups in total. The monoisotopic (exact) mass is 394 g/mol. The zero-order chi connectivity index (χ0) is 20.6. The molecule has 2 rings (SSSR count). The van der Waals surface area contributed by atoms with Gasteiger partial charge in [-0.15, -0.1) is 0 Å². The summed E-state index contributed by atoms with van der Waals surface area (Å²) < 4.78 is 43.6. The maximum absolute atomic E-state index is 12.8. The molecule has 150 valence electrons. The van der Waals surface area contributed by atoms with Crippen molar-refractivity contribution in [3.8, 4) is 11.1 Å². The largest absolute Gasteiger partial charge is 0.416 e. The van der Waals surface area contributed by atoms with Crippen LogP contribution in [-0.4, -0.2) is 38.1 Å². The van der Waals surface area contributed by atoms with E-state index in [1.165, 1.54) is 18.2 Å². The topological polar surface area (TPSA) is 67.4 Å². The van der Waals surface area contributed by atoms with Gasteiger partial charge < -0.3 is 15.4 Å². The van der Waals surface area contributed by atoms with Crippen molar-refractivity contribution in [2.45, 2.75) is 13.1 Å². The number of hydrogen-bond donors (Lipinski definition) is 2. The van der Waals surface area contributed by atoms with E-state index in [1.54, 1.807) is 18.2 Å². The van der Waals surface area contributed by atoms with Gasteiger partial charge in [0.05, 0.1) is 18.7 Å². The molecule has 0 unspecified atom stereocenters. The molecule has 5 nitrogen and oxygen atoms in total. The summed E-state index contributed by atoms with van der Waals surface area (Å²) >= 11 is 0. The van der Waals surface area contributed by atoms with Crippen LogP contribution in [0.3, 0.4) is 0 Å². The lowest BCUT2D eigenvalue weighted by Gasteiger charge is -2.10. The predicted octanol–water partition coefficient (Wildman–Crippen LogP) is 3.25. The van der Waals surface area contributed by atoms with E-state index in [1.807, 2.05) is 6.92 Å². The third-order valence-corrected chi connectivity index (χ3v) is 3.85. The minimum atomic E-state index is -4.42. The van der Waals surface area contributed by atoms with Crippen LogP contribution in [0.1, 0.15) is 22.8 Å². The van der Waals surface area contributed by atoms with E-state index < -0.39 is 17.6 Å². The number of carbonyl (C=O) groups excluding carboxylic acids is 2. The fourth-order valence-electron chi connectivity index (χ4n) is 2.42. The third-order valence-electron chi connectivity index (χ3n) is 3.85. The molecule has 2 aromatic rings. The van der Waals surface area contributed by atoms with Crippen molar-refractivity contribution in [3.63, 3.8) is 0 Å². The van der Waals surface area contributed by atoms with E-state index in [4.69, 9.17) is 4.74 Å². The number of carbonyl (C=O) groups is 2. The second-order valence-electron chi connectivity index (χ2n) is 5.89. The Morgan fingerprint density at radius 1 is 1.00 bits per heavy atom. The van der Waals surface area contributed by atoms with Crippen LogP contribution < -0.4 is 10.6 Å². The predicted molar refractivity (Wildman–Crippen MR) is 98.7 cm³/mol. The Bertz CT molecular complexity index is 805. The molecule has 0 saturated heterocycles. The van der Waals surface area contributed by atoms with Gasteiger partial charge in [-0.25, -0.2) is 0 Å². The highest BCUT2D eigenvalue weighted by Crippen LogP contribution is 2.32. The fraction of sp³-hybridized carbons (Fsp3) is 0.300. The van der Waals surface area contributed by atoms with Crippen molar-refractivity contribution >= 4 is 11.8 Å². The quantitative estimate of drug-likeness (QED) is 0.676. The maximum Gasteiger partial charge on any atom is 0.416 e. The van der Waals surface area contributed by atoms with E-state index in [2.05, 4.69) is 10.6 Å². The number of hydrogen-bond acceptors (Lipinski definition) is 3. The van der Waals surface area contributed by atoms with Gasteiger partial charge in [-0.3, -0.25) is 9.59 Å². The number of nitrogens with one attached hydrogen (secondary N) is 2. The van der Waals surface area contributed by atoms with Crippen molar-refractivity contribution < 1.29 is 27.5 Å². The molecule has 2 amide bonds. The molecule has 0 aliphatic rings. The minimum absolute atomic E-state index is 0.180. The minimum Gasteiger partial charge on any atom is -0.380 e. The van der Waals surface area contributed by atoms with Crippen LogP contribution >= 0.6 is 0 Å². The van der Waals surface area contributed by atoms with Crippen LogP contribution in [0.2, 0.25) is 0 Å². The number of halogens is 3. The van der Waals surface area contributed by atoms with E-state index in [0.29, 0.717) is 36.4 Å². The molecular weight excluding hydrogens is 373 g/mol. The summed E-state index contributed by atoms with van der Waals surface area (Å²) in [5.74, 6) is -0.788. The molecule has 0 fully saturated rings. The Kier molecular flexibility index (Phi) is 7.57. The number of amides is 2. The maximum atomic E-state index is 12.8. The van der Waals surface area contributed by atoms with Gasteiger partial charge in [0.2, 0.25) is 5.91 Å². The molecule has 8 heteroatoms. The number of alkyl halides is 3. The zero-order valence-corrected chi connectivity index (χ0v) is 15.3. The molecule has 0 aliphatic heterocycles. The zero-order valence-electron chi connectivity index (χ0n) is 15.3. The first-order valence-corrected chi connectivity index (χ1v) is 8.71. The molecule has 0 spiro atoms. The number of benzene rings is 2. The van der Waals surface area contributed by atoms with Crippen molar-refractivity contribution in [3.05, 3.63) is 59.7 Å². The summed E-state index contributed by atoms with van der Waals surface area (Å²) in [7, 11) is 0. The van der Waals surface area contributed by atoms with Crippen molar-refractivity contribution in [2.75, 3.05) is 26.3 Å². The Balaban J connectivity index is 1.93. The first kappa shape index (κ1) is 21.4. The summed E-state index contributed by atoms with van der Waals surface area (Å²) in [6.07, 6.45) is -4.42. The van der Waals surface area contributed by atoms with E-state index in [0.717, 1.165) is 12.1 Å². The van der Waals surface area contributed by atoms with Crippen molar-refractivity contribution in [1.82, 2.24) is 10.6 Å². The SMILES string of the molecule is CCOCCNC(=O)CNC(=O)c1ccc(-c2cccc(C(F)(F)F)c2)cc1. The highest BCUT2D eigenvalue weighted by atomic mass is 19.4. The molecule has 28 heavy (non-hydrogen) atoms. The van der Waals surface area contributed by atoms with Gasteiger partial charge in [-0.1, -0.05) is 24.3 Å². The Morgan fingerprint density at radius 3 is 2.36 bits per heavy atom. The standard InChI is InChI=1S/C20H21F3N2O3/c1-2-28-11-10-24-18(26)13-25-19(27)15-8-6-14(7-9-15)16-4-3-5-17(12-16)20(21,22)23/h3-9,12H,2,10-11,13H2,1H3,(H,24,26)(H,25,27). The Labute approximate surface area is 160 Å². The summed E-state index contributed by atoms with van der Waals surface area (Å²) in [4.78, 5) is 23.7. The average Bonchev–Trinajstić information content (AvgIpc) is 2.69. The molecule has 2 aromatic carbocycles. The Morgan fingerprint density at radius 2 is 1.71 bits per heavy atom. The molecule has 0 saturated carbocycles. The van der Waals surface area contributed by atoms with Gasteiger partial charge in [0.15, 0.2) is 0 Å². The fourth-order valence-corrected chi connectivity index (χ4v) is 2.42. The summed E-state index contributed by atoms with van der Waals surface area (Å²) in [5, 5.41) is 5.09. The van der Waals surface area contributed by atoms with Gasteiger partial charge in [-0.2, -0.15) is 13.2 Å². The summed E-state index contributed by atoms with van der Waals surface area (Å²) in [5.41, 5.74) is 0.520. The molecular formula is C20H21F3N2O3. The second-order valence-corrected chi connectivity index (χ2v) is 5.89. The molecule has 0 aromatic heterocycles. The summed E-state index contributed by atoms with van der Waals surface area (Å²) in [6.45, 7) is 2.98. The third kappa shape index (κ3) is 6.38. The average molecular weight is 394 g/mol. The lowest BCUT2D eigenvalue weighted by Crippen LogP contribution is -2.38. The smallest absolute Gasteiger partial charge is 0.380 e. The normalized spacial score (nSPS) is 11.1. The van der Waals surface area contributed by atoms with E-state index >= 15 is 0 Å². The second kappa shape index (κ2) is 9.89. The van der Waals surface area contributed by atoms with E-state index in [9.17, 15) is 22.8 Å². The summed E-state index contributed by atoms with van der Waals surface area (Å²) in [6, 6.07) is 11.1. The van der Waals surface area contributed by atoms with Gasteiger partial charge in [0.25, 0.3) is 5.91 Å². The van der Waals surface area contributed by atoms with Gasteiger partial charge in [-0.05, 0) is 42.3 Å². The van der Waals surface area contributed by atoms with E-state index in [-0.39, 0.29) is 12.5 Å². The van der Waals surface area contributed by atoms with Gasteiger partial charge in [0, 0.05) is 18.7 Å². The van der Waals surface area contributed by atoms with Crippen LogP contribution in [0.15, 0.2) is 48.5 Å². The van der Waals surface area contributed by atoms with Gasteiger partial charge in [0.1, 0.15) is 0 Å². The van der Waals surface area contributed by atoms with Crippen molar-refractivity contribution in [1.29, 1.82) is 0 Å². The highest BCUT2D eigenvalue weighted by molar-refractivity contribution is 5.96. The first-order chi connectivity index (χ1) is 13.3. The molecule has 0 bridgehead atoms. The van der Waals surface area contributed by atoms with Crippen LogP contribution in [0, 0.1) is 0 Å². The molecule has 0 heterocycles. The molecule has 0 atom stereocenters. The molecule has 0 aliphatic carbocycles. The first-order valence-electron chi connectivity index (χ1n) is 8.71.